The Kier molecular flexibility index (Phi) is 8.66. The number of sulfonamides is 1. The van der Waals surface area contributed by atoms with Gasteiger partial charge in [-0.25, -0.2) is 18.4 Å². The molecule has 194 valence electrons. The first-order chi connectivity index (χ1) is 17.1. The molecule has 0 spiro atoms. The Balaban J connectivity index is 2.07. The standard InChI is InChI=1S/C21H26ClN7O6S/c1-12(19(35-4)20-24-10-13(22)11-25-20)36(31,32)28-21-27-26-17(9-8-16(23)30)29(21)18-14(33-2)6-5-7-15(18)34-3/h5-7,10-12,19H,8-9H2,1-4H3,(H2,23,30)(H,27,28)/t12-,19-/m0/s1. The van der Waals surface area contributed by atoms with Crippen molar-refractivity contribution < 1.29 is 27.4 Å². The lowest BCUT2D eigenvalue weighted by atomic mass is 10.2. The number of aromatic nitrogens is 5. The molecule has 1 aromatic carbocycles. The zero-order chi connectivity index (χ0) is 26.5. The van der Waals surface area contributed by atoms with Gasteiger partial charge in [-0.15, -0.1) is 10.2 Å². The molecule has 2 aromatic heterocycles. The van der Waals surface area contributed by atoms with Crippen molar-refractivity contribution in [3.05, 3.63) is 47.3 Å². The van der Waals surface area contributed by atoms with Crippen molar-refractivity contribution in [2.24, 2.45) is 5.73 Å². The molecule has 1 amide bonds. The molecule has 0 unspecified atom stereocenters. The summed E-state index contributed by atoms with van der Waals surface area (Å²) >= 11 is 5.85. The number of amides is 1. The Morgan fingerprint density at radius 2 is 1.75 bits per heavy atom. The molecule has 36 heavy (non-hydrogen) atoms. The number of aryl methyl sites for hydroxylation is 1. The second kappa shape index (κ2) is 11.5. The molecule has 3 N–H and O–H groups in total. The normalized spacial score (nSPS) is 13.1. The van der Waals surface area contributed by atoms with Crippen molar-refractivity contribution >= 4 is 33.5 Å². The van der Waals surface area contributed by atoms with Crippen molar-refractivity contribution in [2.45, 2.75) is 31.1 Å². The van der Waals surface area contributed by atoms with E-state index in [2.05, 4.69) is 24.9 Å². The Morgan fingerprint density at radius 3 is 2.28 bits per heavy atom. The molecule has 3 aromatic rings. The van der Waals surface area contributed by atoms with Crippen molar-refractivity contribution in [3.63, 3.8) is 0 Å². The number of halogens is 1. The number of rotatable bonds is 12. The number of methoxy groups -OCH3 is 3. The minimum absolute atomic E-state index is 0.0432. The highest BCUT2D eigenvalue weighted by Gasteiger charge is 2.35. The van der Waals surface area contributed by atoms with Crippen LogP contribution < -0.4 is 19.9 Å². The maximum absolute atomic E-state index is 13.4. The van der Waals surface area contributed by atoms with Gasteiger partial charge in [-0.2, -0.15) is 0 Å². The summed E-state index contributed by atoms with van der Waals surface area (Å²) in [6, 6.07) is 5.03. The lowest BCUT2D eigenvalue weighted by Crippen LogP contribution is -2.33. The molecule has 0 radical (unpaired) electrons. The fraction of sp³-hybridized carbons (Fsp3) is 0.381. The molecule has 0 fully saturated rings. The van der Waals surface area contributed by atoms with E-state index in [1.807, 2.05) is 0 Å². The zero-order valence-corrected chi connectivity index (χ0v) is 21.6. The van der Waals surface area contributed by atoms with Gasteiger partial charge < -0.3 is 19.9 Å². The van der Waals surface area contributed by atoms with Crippen LogP contribution in [-0.2, 0) is 26.0 Å². The lowest BCUT2D eigenvalue weighted by Gasteiger charge is -2.22. The number of nitrogens with two attached hydrogens (primary N) is 1. The van der Waals surface area contributed by atoms with Crippen LogP contribution in [0.2, 0.25) is 5.02 Å². The number of nitrogens with zero attached hydrogens (tertiary/aromatic N) is 5. The number of carbonyl (C=O) groups excluding carboxylic acids is 1. The van der Waals surface area contributed by atoms with Crippen molar-refractivity contribution in [1.82, 2.24) is 24.7 Å². The van der Waals surface area contributed by atoms with E-state index in [0.29, 0.717) is 22.2 Å². The first-order valence-electron chi connectivity index (χ1n) is 10.6. The van der Waals surface area contributed by atoms with Crippen LogP contribution >= 0.6 is 11.6 Å². The number of ether oxygens (including phenoxy) is 3. The maximum atomic E-state index is 13.4. The minimum Gasteiger partial charge on any atom is -0.494 e. The van der Waals surface area contributed by atoms with Gasteiger partial charge in [0.1, 0.15) is 34.4 Å². The van der Waals surface area contributed by atoms with Crippen LogP contribution in [0.1, 0.15) is 31.1 Å². The van der Waals surface area contributed by atoms with Gasteiger partial charge in [-0.3, -0.25) is 14.1 Å². The van der Waals surface area contributed by atoms with Crippen LogP contribution in [0, 0.1) is 0 Å². The topological polar surface area (TPSA) is 173 Å². The molecule has 2 heterocycles. The second-order valence-electron chi connectivity index (χ2n) is 7.52. The summed E-state index contributed by atoms with van der Waals surface area (Å²) in [5, 5.41) is 7.25. The third-order valence-electron chi connectivity index (χ3n) is 5.25. The van der Waals surface area contributed by atoms with Gasteiger partial charge in [0, 0.05) is 32.3 Å². The molecule has 15 heteroatoms. The first kappa shape index (κ1) is 27.1. The molecule has 0 aliphatic rings. The highest BCUT2D eigenvalue weighted by molar-refractivity contribution is 7.93. The van der Waals surface area contributed by atoms with Crippen LogP contribution in [0.25, 0.3) is 5.69 Å². The number of primary amides is 1. The van der Waals surface area contributed by atoms with Crippen LogP contribution in [0.3, 0.4) is 0 Å². The number of anilines is 1. The Morgan fingerprint density at radius 1 is 1.14 bits per heavy atom. The van der Waals surface area contributed by atoms with Gasteiger partial charge in [0.05, 0.1) is 19.2 Å². The summed E-state index contributed by atoms with van der Waals surface area (Å²) in [4.78, 5) is 19.6. The maximum Gasteiger partial charge on any atom is 0.243 e. The van der Waals surface area contributed by atoms with Gasteiger partial charge >= 0.3 is 0 Å². The van der Waals surface area contributed by atoms with Gasteiger partial charge in [0.2, 0.25) is 21.9 Å². The van der Waals surface area contributed by atoms with Gasteiger partial charge in [0.25, 0.3) is 0 Å². The number of hydrogen-bond donors (Lipinski definition) is 2. The van der Waals surface area contributed by atoms with Gasteiger partial charge in [0.15, 0.2) is 5.82 Å². The van der Waals surface area contributed by atoms with Gasteiger partial charge in [-0.1, -0.05) is 17.7 Å². The summed E-state index contributed by atoms with van der Waals surface area (Å²) in [6.07, 6.45) is 1.71. The summed E-state index contributed by atoms with van der Waals surface area (Å²) in [6.45, 7) is 1.44. The fourth-order valence-corrected chi connectivity index (χ4v) is 4.65. The molecule has 13 nitrogen and oxygen atoms in total. The summed E-state index contributed by atoms with van der Waals surface area (Å²) in [5.41, 5.74) is 5.65. The van der Waals surface area contributed by atoms with E-state index < -0.39 is 27.3 Å². The monoisotopic (exact) mass is 539 g/mol. The van der Waals surface area contributed by atoms with Gasteiger partial charge in [-0.05, 0) is 19.1 Å². The van der Waals surface area contributed by atoms with Crippen molar-refractivity contribution in [3.8, 4) is 17.2 Å². The third kappa shape index (κ3) is 5.83. The molecule has 3 rings (SSSR count). The Hall–Kier alpha value is -3.49. The van der Waals surface area contributed by atoms with E-state index in [0.717, 1.165) is 0 Å². The summed E-state index contributed by atoms with van der Waals surface area (Å²) in [7, 11) is 0.0936. The van der Waals surface area contributed by atoms with Crippen LogP contribution in [0.4, 0.5) is 5.95 Å². The van der Waals surface area contributed by atoms with Crippen LogP contribution in [-0.4, -0.2) is 65.6 Å². The first-order valence-corrected chi connectivity index (χ1v) is 12.5. The smallest absolute Gasteiger partial charge is 0.243 e. The van der Waals surface area contributed by atoms with E-state index in [1.54, 1.807) is 18.2 Å². The number of benzene rings is 1. The molecule has 0 aliphatic carbocycles. The lowest BCUT2D eigenvalue weighted by molar-refractivity contribution is -0.118. The van der Waals surface area contributed by atoms with Crippen molar-refractivity contribution in [1.29, 1.82) is 0 Å². The van der Waals surface area contributed by atoms with E-state index in [4.69, 9.17) is 31.5 Å². The number of hydrogen-bond acceptors (Lipinski definition) is 10. The predicted molar refractivity (Wildman–Crippen MR) is 131 cm³/mol. The SMILES string of the molecule is COc1cccc(OC)c1-n1c(CCC(N)=O)nnc1NS(=O)(=O)[C@@H](C)[C@H](OC)c1ncc(Cl)cn1. The Labute approximate surface area is 213 Å². The molecule has 0 aliphatic heterocycles. The highest BCUT2D eigenvalue weighted by Crippen LogP contribution is 2.36. The molecule has 2 atom stereocenters. The number of para-hydroxylation sites is 1. The number of nitrogens with one attached hydrogen (secondary N) is 1. The molecular weight excluding hydrogens is 514 g/mol. The van der Waals surface area contributed by atoms with Crippen LogP contribution in [0.5, 0.6) is 11.5 Å². The van der Waals surface area contributed by atoms with E-state index >= 15 is 0 Å². The summed E-state index contributed by atoms with van der Waals surface area (Å²) in [5.74, 6) is 0.384. The zero-order valence-electron chi connectivity index (χ0n) is 20.0. The van der Waals surface area contributed by atoms with E-state index in [9.17, 15) is 13.2 Å². The van der Waals surface area contributed by atoms with Crippen molar-refractivity contribution in [2.75, 3.05) is 26.1 Å². The second-order valence-corrected chi connectivity index (χ2v) is 9.99. The molecule has 0 saturated heterocycles. The van der Waals surface area contributed by atoms with E-state index in [-0.39, 0.29) is 30.4 Å². The average molecular weight is 540 g/mol. The minimum atomic E-state index is -4.16. The largest absolute Gasteiger partial charge is 0.494 e. The molecule has 0 saturated carbocycles. The molecular formula is C21H26ClN7O6S. The fourth-order valence-electron chi connectivity index (χ4n) is 3.43. The quantitative estimate of drug-likeness (QED) is 0.344. The van der Waals surface area contributed by atoms with E-state index in [1.165, 1.54) is 45.2 Å². The average Bonchev–Trinajstić information content (AvgIpc) is 3.24. The number of carbonyl (C=O) groups is 1. The van der Waals surface area contributed by atoms with Crippen LogP contribution in [0.15, 0.2) is 30.6 Å². The predicted octanol–water partition coefficient (Wildman–Crippen LogP) is 1.66. The summed E-state index contributed by atoms with van der Waals surface area (Å²) < 4.78 is 47.1. The molecule has 0 bridgehead atoms. The highest BCUT2D eigenvalue weighted by atomic mass is 35.5. The Bertz CT molecular complexity index is 1290. The third-order valence-corrected chi connectivity index (χ3v) is 7.14.